The molecule has 2 aromatic rings. The van der Waals surface area contributed by atoms with E-state index in [4.69, 9.17) is 0 Å². The van der Waals surface area contributed by atoms with Crippen molar-refractivity contribution in [1.82, 2.24) is 9.78 Å². The Kier molecular flexibility index (Phi) is 4.38. The molecular weight excluding hydrogens is 335 g/mol. The second-order valence-corrected chi connectivity index (χ2v) is 6.08. The lowest BCUT2D eigenvalue weighted by molar-refractivity contribution is 0.0704. The highest BCUT2D eigenvalue weighted by atomic mass is 19.2. The molecular formula is C15H13F5N2O2. The van der Waals surface area contributed by atoms with E-state index in [0.717, 1.165) is 4.68 Å². The molecule has 24 heavy (non-hydrogen) atoms. The molecule has 4 nitrogen and oxygen atoms in total. The van der Waals surface area contributed by atoms with Gasteiger partial charge in [0, 0.05) is 12.5 Å². The van der Waals surface area contributed by atoms with E-state index in [1.54, 1.807) is 0 Å². The predicted octanol–water partition coefficient (Wildman–Crippen LogP) is 3.63. The zero-order valence-electron chi connectivity index (χ0n) is 13.2. The SMILES string of the molecule is Cn1nc(C(C)(C)C)cc1C(=O)Oc1c(F)c(F)c(F)c(F)c1F. The third-order valence-electron chi connectivity index (χ3n) is 3.22. The maximum atomic E-state index is 13.6. The second-order valence-electron chi connectivity index (χ2n) is 6.08. The molecule has 0 aliphatic heterocycles. The number of carbonyl (C=O) groups is 1. The van der Waals surface area contributed by atoms with Gasteiger partial charge in [0.05, 0.1) is 5.69 Å². The summed E-state index contributed by atoms with van der Waals surface area (Å²) in [6.45, 7) is 5.44. The first-order valence-electron chi connectivity index (χ1n) is 6.73. The van der Waals surface area contributed by atoms with E-state index >= 15 is 0 Å². The van der Waals surface area contributed by atoms with Crippen LogP contribution in [0.1, 0.15) is 37.0 Å². The van der Waals surface area contributed by atoms with Crippen LogP contribution in [0.25, 0.3) is 0 Å². The molecule has 0 amide bonds. The van der Waals surface area contributed by atoms with Crippen molar-refractivity contribution in [2.24, 2.45) is 7.05 Å². The highest BCUT2D eigenvalue weighted by Gasteiger charge is 2.30. The Labute approximate surface area is 133 Å². The van der Waals surface area contributed by atoms with Crippen molar-refractivity contribution in [3.05, 3.63) is 46.5 Å². The number of aromatic nitrogens is 2. The molecule has 0 saturated carbocycles. The number of aryl methyl sites for hydroxylation is 1. The lowest BCUT2D eigenvalue weighted by Gasteiger charge is -2.13. The van der Waals surface area contributed by atoms with Crippen molar-refractivity contribution in [2.45, 2.75) is 26.2 Å². The summed E-state index contributed by atoms with van der Waals surface area (Å²) in [5.74, 6) is -14.1. The molecule has 0 atom stereocenters. The van der Waals surface area contributed by atoms with Crippen molar-refractivity contribution in [1.29, 1.82) is 0 Å². The summed E-state index contributed by atoms with van der Waals surface area (Å²) >= 11 is 0. The van der Waals surface area contributed by atoms with E-state index in [2.05, 4.69) is 9.84 Å². The minimum absolute atomic E-state index is 0.205. The lowest BCUT2D eigenvalue weighted by Crippen LogP contribution is -2.16. The quantitative estimate of drug-likeness (QED) is 0.274. The Morgan fingerprint density at radius 2 is 1.46 bits per heavy atom. The van der Waals surface area contributed by atoms with Gasteiger partial charge in [-0.05, 0) is 6.07 Å². The van der Waals surface area contributed by atoms with Crippen LogP contribution in [0.2, 0.25) is 0 Å². The fourth-order valence-electron chi connectivity index (χ4n) is 1.84. The summed E-state index contributed by atoms with van der Waals surface area (Å²) in [5, 5.41) is 4.06. The van der Waals surface area contributed by atoms with Gasteiger partial charge < -0.3 is 4.74 Å². The lowest BCUT2D eigenvalue weighted by atomic mass is 9.92. The van der Waals surface area contributed by atoms with Crippen LogP contribution in [0.15, 0.2) is 6.07 Å². The molecule has 1 aromatic heterocycles. The van der Waals surface area contributed by atoms with Crippen LogP contribution >= 0.6 is 0 Å². The second kappa shape index (κ2) is 5.88. The first-order valence-corrected chi connectivity index (χ1v) is 6.73. The van der Waals surface area contributed by atoms with Gasteiger partial charge in [-0.25, -0.2) is 18.0 Å². The number of carbonyl (C=O) groups excluding carboxylic acids is 1. The molecule has 1 heterocycles. The van der Waals surface area contributed by atoms with E-state index in [9.17, 15) is 26.7 Å². The van der Waals surface area contributed by atoms with Crippen LogP contribution < -0.4 is 4.74 Å². The van der Waals surface area contributed by atoms with Crippen LogP contribution in [-0.4, -0.2) is 15.7 Å². The maximum Gasteiger partial charge on any atom is 0.362 e. The van der Waals surface area contributed by atoms with Gasteiger partial charge in [0.2, 0.25) is 34.8 Å². The van der Waals surface area contributed by atoms with Crippen LogP contribution in [0.3, 0.4) is 0 Å². The molecule has 9 heteroatoms. The molecule has 1 aromatic carbocycles. The minimum Gasteiger partial charge on any atom is -0.415 e. The number of nitrogens with zero attached hydrogens (tertiary/aromatic N) is 2. The predicted molar refractivity (Wildman–Crippen MR) is 73.1 cm³/mol. The molecule has 0 bridgehead atoms. The van der Waals surface area contributed by atoms with E-state index in [1.807, 2.05) is 20.8 Å². The van der Waals surface area contributed by atoms with Gasteiger partial charge in [0.25, 0.3) is 0 Å². The van der Waals surface area contributed by atoms with Gasteiger partial charge in [-0.15, -0.1) is 0 Å². The Bertz CT molecular complexity index is 795. The monoisotopic (exact) mass is 348 g/mol. The molecule has 0 unspecified atom stereocenters. The molecule has 2 rings (SSSR count). The summed E-state index contributed by atoms with van der Waals surface area (Å²) in [7, 11) is 1.38. The summed E-state index contributed by atoms with van der Waals surface area (Å²) < 4.78 is 71.8. The summed E-state index contributed by atoms with van der Waals surface area (Å²) in [4.78, 5) is 12.0. The third-order valence-corrected chi connectivity index (χ3v) is 3.22. The van der Waals surface area contributed by atoms with Crippen LogP contribution in [0.4, 0.5) is 22.0 Å². The third kappa shape index (κ3) is 2.98. The van der Waals surface area contributed by atoms with Crippen LogP contribution in [0, 0.1) is 29.1 Å². The highest BCUT2D eigenvalue weighted by molar-refractivity contribution is 5.89. The number of ether oxygens (including phenoxy) is 1. The Morgan fingerprint density at radius 1 is 1.00 bits per heavy atom. The first kappa shape index (κ1) is 17.9. The molecule has 130 valence electrons. The molecule has 0 N–H and O–H groups in total. The number of rotatable bonds is 2. The highest BCUT2D eigenvalue weighted by Crippen LogP contribution is 2.30. The largest absolute Gasteiger partial charge is 0.415 e. The smallest absolute Gasteiger partial charge is 0.362 e. The van der Waals surface area contributed by atoms with E-state index in [0.29, 0.717) is 5.69 Å². The van der Waals surface area contributed by atoms with Crippen LogP contribution in [0.5, 0.6) is 5.75 Å². The van der Waals surface area contributed by atoms with E-state index in [1.165, 1.54) is 13.1 Å². The standard InChI is InChI=1S/C15H13F5N2O2/c1-15(2,3)7-5-6(22(4)21-7)14(23)24-13-11(19)9(17)8(16)10(18)12(13)20/h5H,1-4H3. The van der Waals surface area contributed by atoms with Gasteiger partial charge in [0.15, 0.2) is 0 Å². The van der Waals surface area contributed by atoms with Gasteiger partial charge in [-0.1, -0.05) is 20.8 Å². The number of hydrogen-bond acceptors (Lipinski definition) is 3. The molecule has 0 aliphatic rings. The zero-order chi connectivity index (χ0) is 18.4. The number of esters is 1. The van der Waals surface area contributed by atoms with E-state index < -0.39 is 46.2 Å². The Hall–Kier alpha value is -2.45. The molecule has 0 fully saturated rings. The molecule has 0 spiro atoms. The summed E-state index contributed by atoms with van der Waals surface area (Å²) in [6, 6.07) is 1.31. The van der Waals surface area contributed by atoms with Crippen molar-refractivity contribution in [3.63, 3.8) is 0 Å². The normalized spacial score (nSPS) is 11.7. The first-order chi connectivity index (χ1) is 10.9. The number of halogens is 5. The molecule has 0 saturated heterocycles. The van der Waals surface area contributed by atoms with Crippen molar-refractivity contribution in [2.75, 3.05) is 0 Å². The summed E-state index contributed by atoms with van der Waals surface area (Å²) in [5.41, 5.74) is -0.154. The average Bonchev–Trinajstić information content (AvgIpc) is 2.89. The zero-order valence-corrected chi connectivity index (χ0v) is 13.2. The topological polar surface area (TPSA) is 44.1 Å². The fourth-order valence-corrected chi connectivity index (χ4v) is 1.84. The van der Waals surface area contributed by atoms with Crippen molar-refractivity contribution < 1.29 is 31.5 Å². The average molecular weight is 348 g/mol. The number of benzene rings is 1. The molecule has 0 aliphatic carbocycles. The van der Waals surface area contributed by atoms with Crippen LogP contribution in [-0.2, 0) is 12.5 Å². The number of hydrogen-bond donors (Lipinski definition) is 0. The Balaban J connectivity index is 2.44. The van der Waals surface area contributed by atoms with Crippen molar-refractivity contribution in [3.8, 4) is 5.75 Å². The molecule has 0 radical (unpaired) electrons. The minimum atomic E-state index is -2.33. The van der Waals surface area contributed by atoms with Crippen molar-refractivity contribution >= 4 is 5.97 Å². The maximum absolute atomic E-state index is 13.6. The van der Waals surface area contributed by atoms with Gasteiger partial charge >= 0.3 is 5.97 Å². The summed E-state index contributed by atoms with van der Waals surface area (Å²) in [6.07, 6.45) is 0. The van der Waals surface area contributed by atoms with Gasteiger partial charge in [-0.3, -0.25) is 4.68 Å². The Morgan fingerprint density at radius 3 is 1.88 bits per heavy atom. The van der Waals surface area contributed by atoms with Gasteiger partial charge in [0.1, 0.15) is 5.69 Å². The van der Waals surface area contributed by atoms with Gasteiger partial charge in [-0.2, -0.15) is 13.9 Å². The van der Waals surface area contributed by atoms with E-state index in [-0.39, 0.29) is 5.69 Å². The fraction of sp³-hybridized carbons (Fsp3) is 0.333.